The number of carbonyl (C=O) groups is 2. The number of urea groups is 1. The van der Waals surface area contributed by atoms with E-state index in [9.17, 15) is 14.0 Å². The van der Waals surface area contributed by atoms with E-state index in [0.29, 0.717) is 61.5 Å². The van der Waals surface area contributed by atoms with E-state index >= 15 is 0 Å². The van der Waals surface area contributed by atoms with Crippen molar-refractivity contribution in [3.8, 4) is 17.1 Å². The topological polar surface area (TPSA) is 115 Å². The number of amides is 2. The van der Waals surface area contributed by atoms with E-state index in [1.54, 1.807) is 31.2 Å². The summed E-state index contributed by atoms with van der Waals surface area (Å²) < 4.78 is 29.6. The molecule has 194 valence electrons. The summed E-state index contributed by atoms with van der Waals surface area (Å²) in [6, 6.07) is 11.8. The number of hydrogen-bond acceptors (Lipinski definition) is 8. The average molecular weight is 510 g/mol. The molecule has 4 rings (SSSR count). The molecule has 0 atom stereocenters. The van der Waals surface area contributed by atoms with Crippen LogP contribution in [0.15, 0.2) is 48.5 Å². The Kier molecular flexibility index (Phi) is 8.47. The van der Waals surface area contributed by atoms with Crippen LogP contribution >= 0.6 is 0 Å². The van der Waals surface area contributed by atoms with E-state index in [2.05, 4.69) is 15.6 Å². The first-order valence-corrected chi connectivity index (χ1v) is 12.0. The second kappa shape index (κ2) is 12.1. The first kappa shape index (κ1) is 25.8. The van der Waals surface area contributed by atoms with E-state index in [4.69, 9.17) is 19.2 Å². The lowest BCUT2D eigenvalue weighted by Gasteiger charge is -2.29. The highest BCUT2D eigenvalue weighted by Crippen LogP contribution is 2.33. The lowest BCUT2D eigenvalue weighted by molar-refractivity contribution is 0.0514. The van der Waals surface area contributed by atoms with Crippen LogP contribution in [0.5, 0.6) is 5.75 Å². The van der Waals surface area contributed by atoms with Crippen LogP contribution in [0.25, 0.3) is 11.4 Å². The largest absolute Gasteiger partial charge is 0.488 e. The van der Waals surface area contributed by atoms with Crippen molar-refractivity contribution in [2.24, 2.45) is 0 Å². The fraction of sp³-hybridized carbons (Fsp3) is 0.308. The van der Waals surface area contributed by atoms with Crippen LogP contribution in [-0.2, 0) is 9.47 Å². The van der Waals surface area contributed by atoms with Gasteiger partial charge in [0.1, 0.15) is 5.82 Å². The number of aromatic nitrogens is 2. The summed E-state index contributed by atoms with van der Waals surface area (Å²) >= 11 is 0. The molecule has 0 spiro atoms. The van der Waals surface area contributed by atoms with Gasteiger partial charge in [-0.1, -0.05) is 0 Å². The number of halogens is 1. The quantitative estimate of drug-likeness (QED) is 0.431. The molecule has 0 unspecified atom stereocenters. The number of rotatable bonds is 8. The van der Waals surface area contributed by atoms with Crippen LogP contribution in [0.1, 0.15) is 24.3 Å². The third kappa shape index (κ3) is 6.50. The zero-order valence-electron chi connectivity index (χ0n) is 20.6. The monoisotopic (exact) mass is 509 g/mol. The maximum Gasteiger partial charge on any atom is 0.361 e. The van der Waals surface area contributed by atoms with Crippen LogP contribution in [0, 0.1) is 5.82 Å². The summed E-state index contributed by atoms with van der Waals surface area (Å²) in [5.74, 6) is 0.109. The zero-order valence-corrected chi connectivity index (χ0v) is 20.6. The van der Waals surface area contributed by atoms with Gasteiger partial charge in [-0.05, 0) is 62.4 Å². The fourth-order valence-corrected chi connectivity index (χ4v) is 3.70. The van der Waals surface area contributed by atoms with E-state index in [1.807, 2.05) is 11.8 Å². The minimum absolute atomic E-state index is 0.0519. The molecule has 3 aromatic rings. The van der Waals surface area contributed by atoms with Crippen LogP contribution in [0.3, 0.4) is 0 Å². The molecule has 0 saturated carbocycles. The molecule has 11 heteroatoms. The number of anilines is 3. The summed E-state index contributed by atoms with van der Waals surface area (Å²) in [4.78, 5) is 36.3. The van der Waals surface area contributed by atoms with Gasteiger partial charge in [0.2, 0.25) is 0 Å². The fourth-order valence-electron chi connectivity index (χ4n) is 3.70. The molecule has 1 aliphatic rings. The standard InChI is InChI=1S/C26H28FN5O5/c1-3-36-22-21(25(33)37-4-2)30-23(31-24(22)32-13-15-35-16-14-32)17-5-9-19(10-6-17)28-26(34)29-20-11-7-18(27)8-12-20/h5-12H,3-4,13-16H2,1-2H3,(H2,28,29,34). The molecule has 2 aromatic carbocycles. The third-order valence-electron chi connectivity index (χ3n) is 5.42. The molecule has 37 heavy (non-hydrogen) atoms. The van der Waals surface area contributed by atoms with Crippen molar-refractivity contribution >= 4 is 29.2 Å². The van der Waals surface area contributed by atoms with Crippen LogP contribution < -0.4 is 20.3 Å². The number of carbonyl (C=O) groups excluding carboxylic acids is 2. The molecule has 10 nitrogen and oxygen atoms in total. The van der Waals surface area contributed by atoms with Gasteiger partial charge in [0.15, 0.2) is 23.1 Å². The minimum atomic E-state index is -0.597. The molecule has 0 aliphatic carbocycles. The van der Waals surface area contributed by atoms with Crippen LogP contribution in [0.2, 0.25) is 0 Å². The van der Waals surface area contributed by atoms with Crippen molar-refractivity contribution in [3.05, 3.63) is 60.0 Å². The Labute approximate surface area is 213 Å². The first-order chi connectivity index (χ1) is 18.0. The number of benzene rings is 2. The Bertz CT molecular complexity index is 1230. The number of morpholine rings is 1. The molecule has 1 fully saturated rings. The molecule has 1 aromatic heterocycles. The van der Waals surface area contributed by atoms with Gasteiger partial charge in [-0.25, -0.2) is 23.9 Å². The van der Waals surface area contributed by atoms with Gasteiger partial charge in [-0.2, -0.15) is 0 Å². The molecule has 2 N–H and O–H groups in total. The van der Waals surface area contributed by atoms with Crippen molar-refractivity contribution < 1.29 is 28.2 Å². The predicted molar refractivity (Wildman–Crippen MR) is 137 cm³/mol. The maximum absolute atomic E-state index is 13.1. The summed E-state index contributed by atoms with van der Waals surface area (Å²) in [5, 5.41) is 5.35. The number of nitrogens with zero attached hydrogens (tertiary/aromatic N) is 3. The number of esters is 1. The van der Waals surface area contributed by atoms with Gasteiger partial charge in [0.05, 0.1) is 26.4 Å². The van der Waals surface area contributed by atoms with Gasteiger partial charge >= 0.3 is 12.0 Å². The molecule has 1 saturated heterocycles. The molecule has 1 aliphatic heterocycles. The SMILES string of the molecule is CCOC(=O)c1nc(-c2ccc(NC(=O)Nc3ccc(F)cc3)cc2)nc(N2CCOCC2)c1OCC. The molecule has 0 radical (unpaired) electrons. The number of hydrogen-bond donors (Lipinski definition) is 2. The van der Waals surface area contributed by atoms with E-state index < -0.39 is 12.0 Å². The van der Waals surface area contributed by atoms with Crippen LogP contribution in [0.4, 0.5) is 26.4 Å². The normalized spacial score (nSPS) is 13.1. The third-order valence-corrected chi connectivity index (χ3v) is 5.42. The van der Waals surface area contributed by atoms with E-state index in [0.717, 1.165) is 0 Å². The zero-order chi connectivity index (χ0) is 26.2. The van der Waals surface area contributed by atoms with Crippen LogP contribution in [-0.4, -0.2) is 61.5 Å². The van der Waals surface area contributed by atoms with E-state index in [-0.39, 0.29) is 23.9 Å². The van der Waals surface area contributed by atoms with Gasteiger partial charge in [-0.3, -0.25) is 0 Å². The van der Waals surface area contributed by atoms with Gasteiger partial charge in [-0.15, -0.1) is 0 Å². The minimum Gasteiger partial charge on any atom is -0.488 e. The lowest BCUT2D eigenvalue weighted by Crippen LogP contribution is -2.37. The van der Waals surface area contributed by atoms with Gasteiger partial charge < -0.3 is 29.7 Å². The summed E-state index contributed by atoms with van der Waals surface area (Å²) in [7, 11) is 0. The van der Waals surface area contributed by atoms with Crippen molar-refractivity contribution in [2.45, 2.75) is 13.8 Å². The van der Waals surface area contributed by atoms with Crippen molar-refractivity contribution in [1.82, 2.24) is 9.97 Å². The predicted octanol–water partition coefficient (Wildman–Crippen LogP) is 4.34. The maximum atomic E-state index is 13.1. The Morgan fingerprint density at radius 3 is 2.16 bits per heavy atom. The molecular formula is C26H28FN5O5. The van der Waals surface area contributed by atoms with Crippen molar-refractivity contribution in [2.75, 3.05) is 55.1 Å². The van der Waals surface area contributed by atoms with Gasteiger partial charge in [0, 0.05) is 30.0 Å². The highest BCUT2D eigenvalue weighted by Gasteiger charge is 2.27. The molecule has 2 amide bonds. The van der Waals surface area contributed by atoms with Crippen molar-refractivity contribution in [3.63, 3.8) is 0 Å². The summed E-state index contributed by atoms with van der Waals surface area (Å²) in [6.07, 6.45) is 0. The molecular weight excluding hydrogens is 481 g/mol. The summed E-state index contributed by atoms with van der Waals surface area (Å²) in [6.45, 7) is 6.30. The van der Waals surface area contributed by atoms with E-state index in [1.165, 1.54) is 24.3 Å². The lowest BCUT2D eigenvalue weighted by atomic mass is 10.2. The average Bonchev–Trinajstić information content (AvgIpc) is 2.91. The Morgan fingerprint density at radius 1 is 0.946 bits per heavy atom. The highest BCUT2D eigenvalue weighted by atomic mass is 19.1. The Balaban J connectivity index is 1.60. The Hall–Kier alpha value is -4.25. The first-order valence-electron chi connectivity index (χ1n) is 12.0. The molecule has 2 heterocycles. The smallest absolute Gasteiger partial charge is 0.361 e. The second-order valence-electron chi connectivity index (χ2n) is 7.96. The summed E-state index contributed by atoms with van der Waals surface area (Å²) in [5.41, 5.74) is 1.66. The Morgan fingerprint density at radius 2 is 1.57 bits per heavy atom. The number of ether oxygens (including phenoxy) is 3. The highest BCUT2D eigenvalue weighted by molar-refractivity contribution is 5.99. The number of nitrogens with one attached hydrogen (secondary N) is 2. The van der Waals surface area contributed by atoms with Gasteiger partial charge in [0.25, 0.3) is 0 Å². The molecule has 0 bridgehead atoms. The van der Waals surface area contributed by atoms with Crippen molar-refractivity contribution in [1.29, 1.82) is 0 Å². The second-order valence-corrected chi connectivity index (χ2v) is 7.96.